The van der Waals surface area contributed by atoms with Crippen LogP contribution in [0.4, 0.5) is 0 Å². The van der Waals surface area contributed by atoms with Crippen LogP contribution < -0.4 is 5.73 Å². The second kappa shape index (κ2) is 4.25. The largest absolute Gasteiger partial charge is 0.359 e. The third-order valence-electron chi connectivity index (χ3n) is 1.86. The molecule has 0 aliphatic rings. The number of aromatic nitrogens is 2. The van der Waals surface area contributed by atoms with E-state index in [-0.39, 0.29) is 0 Å². The summed E-state index contributed by atoms with van der Waals surface area (Å²) in [5.74, 6) is 0. The number of H-pyrrole nitrogens is 1. The monoisotopic (exact) mass is 271 g/mol. The Kier molecular flexibility index (Phi) is 3.00. The van der Waals surface area contributed by atoms with Gasteiger partial charge < -0.3 is 10.7 Å². The van der Waals surface area contributed by atoms with E-state index < -0.39 is 0 Å². The number of hydrogen-bond acceptors (Lipinski definition) is 3. The lowest BCUT2D eigenvalue weighted by Gasteiger charge is -1.91. The van der Waals surface area contributed by atoms with Gasteiger partial charge >= 0.3 is 0 Å². The van der Waals surface area contributed by atoms with Crippen LogP contribution in [0.25, 0.3) is 10.7 Å². The third kappa shape index (κ3) is 1.89. The Balaban J connectivity index is 2.33. The zero-order chi connectivity index (χ0) is 9.97. The minimum absolute atomic E-state index is 0.631. The van der Waals surface area contributed by atoms with E-state index in [2.05, 4.69) is 25.9 Å². The van der Waals surface area contributed by atoms with Crippen LogP contribution in [-0.4, -0.2) is 16.5 Å². The lowest BCUT2D eigenvalue weighted by atomic mass is 10.3. The predicted octanol–water partition coefficient (Wildman–Crippen LogP) is 2.40. The van der Waals surface area contributed by atoms with Gasteiger partial charge in [0.2, 0.25) is 0 Å². The van der Waals surface area contributed by atoms with E-state index in [0.29, 0.717) is 6.54 Å². The van der Waals surface area contributed by atoms with Gasteiger partial charge in [-0.05, 0) is 34.6 Å². The summed E-state index contributed by atoms with van der Waals surface area (Å²) in [6, 6.07) is 3.98. The maximum absolute atomic E-state index is 5.49. The van der Waals surface area contributed by atoms with Crippen molar-refractivity contribution in [2.75, 3.05) is 6.54 Å². The Morgan fingerprint density at radius 3 is 3.07 bits per heavy atom. The minimum Gasteiger partial charge on any atom is -0.359 e. The lowest BCUT2D eigenvalue weighted by Crippen LogP contribution is -2.03. The molecule has 2 aromatic rings. The van der Waals surface area contributed by atoms with E-state index in [0.717, 1.165) is 26.6 Å². The zero-order valence-electron chi connectivity index (χ0n) is 7.46. The molecule has 0 amide bonds. The van der Waals surface area contributed by atoms with Gasteiger partial charge in [0, 0.05) is 12.6 Å². The minimum atomic E-state index is 0.631. The summed E-state index contributed by atoms with van der Waals surface area (Å²) in [4.78, 5) is 7.63. The van der Waals surface area contributed by atoms with Crippen LogP contribution in [0.5, 0.6) is 0 Å². The Hall–Kier alpha value is -0.650. The number of aromatic amines is 1. The number of halogens is 1. The van der Waals surface area contributed by atoms with E-state index in [1.807, 2.05) is 18.3 Å². The van der Waals surface area contributed by atoms with Gasteiger partial charge in [-0.15, -0.1) is 11.3 Å². The van der Waals surface area contributed by atoms with Gasteiger partial charge in [0.1, 0.15) is 5.01 Å². The molecule has 0 aliphatic carbocycles. The fraction of sp³-hybridized carbons (Fsp3) is 0.222. The highest BCUT2D eigenvalue weighted by Gasteiger charge is 2.09. The first-order valence-electron chi connectivity index (χ1n) is 4.30. The normalized spacial score (nSPS) is 10.7. The second-order valence-corrected chi connectivity index (χ2v) is 5.18. The molecule has 0 aliphatic heterocycles. The summed E-state index contributed by atoms with van der Waals surface area (Å²) in [5, 5.41) is 1.00. The number of nitrogens with zero attached hydrogens (tertiary/aromatic N) is 1. The molecule has 2 aromatic heterocycles. The lowest BCUT2D eigenvalue weighted by molar-refractivity contribution is 0.931. The smallest absolute Gasteiger partial charge is 0.141 e. The van der Waals surface area contributed by atoms with E-state index in [1.54, 1.807) is 11.3 Å². The van der Waals surface area contributed by atoms with E-state index in [1.165, 1.54) is 0 Å². The molecule has 0 fully saturated rings. The van der Waals surface area contributed by atoms with Crippen molar-refractivity contribution in [3.63, 3.8) is 0 Å². The van der Waals surface area contributed by atoms with E-state index in [4.69, 9.17) is 5.73 Å². The maximum atomic E-state index is 5.49. The molecule has 2 heterocycles. The molecule has 0 radical (unpaired) electrons. The van der Waals surface area contributed by atoms with Crippen molar-refractivity contribution in [1.29, 1.82) is 0 Å². The van der Waals surface area contributed by atoms with Gasteiger partial charge in [-0.25, -0.2) is 4.98 Å². The highest BCUT2D eigenvalue weighted by molar-refractivity contribution is 9.11. The molecule has 5 heteroatoms. The summed E-state index contributed by atoms with van der Waals surface area (Å²) >= 11 is 5.12. The van der Waals surface area contributed by atoms with Crippen molar-refractivity contribution in [2.45, 2.75) is 6.42 Å². The molecule has 0 bridgehead atoms. The number of nitrogens with one attached hydrogen (secondary N) is 1. The van der Waals surface area contributed by atoms with Crippen LogP contribution >= 0.6 is 27.3 Å². The van der Waals surface area contributed by atoms with Gasteiger partial charge in [0.15, 0.2) is 0 Å². The third-order valence-corrected chi connectivity index (χ3v) is 3.72. The predicted molar refractivity (Wildman–Crippen MR) is 62.4 cm³/mol. The standard InChI is InChI=1S/C9H10BrN3S/c10-8-6(3-4-11)13-9(14-8)7-2-1-5-12-7/h1-2,5,12H,3-4,11H2. The Morgan fingerprint density at radius 2 is 2.43 bits per heavy atom. The molecular formula is C9H10BrN3S. The van der Waals surface area contributed by atoms with Gasteiger partial charge in [0.25, 0.3) is 0 Å². The first kappa shape index (κ1) is 9.89. The number of rotatable bonds is 3. The summed E-state index contributed by atoms with van der Waals surface area (Å²) in [7, 11) is 0. The van der Waals surface area contributed by atoms with Gasteiger partial charge in [-0.1, -0.05) is 0 Å². The Morgan fingerprint density at radius 1 is 1.57 bits per heavy atom. The topological polar surface area (TPSA) is 54.7 Å². The summed E-state index contributed by atoms with van der Waals surface area (Å²) < 4.78 is 1.08. The quantitative estimate of drug-likeness (QED) is 0.901. The molecule has 74 valence electrons. The summed E-state index contributed by atoms with van der Waals surface area (Å²) in [5.41, 5.74) is 7.59. The molecule has 14 heavy (non-hydrogen) atoms. The van der Waals surface area contributed by atoms with Gasteiger partial charge in [-0.2, -0.15) is 0 Å². The van der Waals surface area contributed by atoms with Gasteiger partial charge in [0.05, 0.1) is 15.2 Å². The van der Waals surface area contributed by atoms with Crippen molar-refractivity contribution in [3.8, 4) is 10.7 Å². The fourth-order valence-corrected chi connectivity index (χ4v) is 2.78. The average Bonchev–Trinajstić information content (AvgIpc) is 2.76. The second-order valence-electron chi connectivity index (χ2n) is 2.86. The van der Waals surface area contributed by atoms with Crippen molar-refractivity contribution < 1.29 is 0 Å². The maximum Gasteiger partial charge on any atom is 0.141 e. The molecule has 0 saturated heterocycles. The molecule has 3 N–H and O–H groups in total. The first-order valence-corrected chi connectivity index (χ1v) is 5.91. The molecule has 0 atom stereocenters. The number of thiazole rings is 1. The van der Waals surface area contributed by atoms with Crippen molar-refractivity contribution in [2.24, 2.45) is 5.73 Å². The molecule has 3 nitrogen and oxygen atoms in total. The van der Waals surface area contributed by atoms with E-state index >= 15 is 0 Å². The van der Waals surface area contributed by atoms with Crippen LogP contribution in [0.1, 0.15) is 5.69 Å². The SMILES string of the molecule is NCCc1nc(-c2ccc[nH]2)sc1Br. The van der Waals surface area contributed by atoms with Crippen molar-refractivity contribution in [1.82, 2.24) is 9.97 Å². The van der Waals surface area contributed by atoms with Crippen molar-refractivity contribution >= 4 is 27.3 Å². The molecule has 2 rings (SSSR count). The van der Waals surface area contributed by atoms with E-state index in [9.17, 15) is 0 Å². The highest BCUT2D eigenvalue weighted by Crippen LogP contribution is 2.31. The molecule has 0 aromatic carbocycles. The molecule has 0 unspecified atom stereocenters. The van der Waals surface area contributed by atoms with Crippen LogP contribution in [0.2, 0.25) is 0 Å². The van der Waals surface area contributed by atoms with Crippen LogP contribution in [0.3, 0.4) is 0 Å². The van der Waals surface area contributed by atoms with Crippen molar-refractivity contribution in [3.05, 3.63) is 27.8 Å². The highest BCUT2D eigenvalue weighted by atomic mass is 79.9. The molecular weight excluding hydrogens is 262 g/mol. The summed E-state index contributed by atoms with van der Waals surface area (Å²) in [6.07, 6.45) is 2.71. The Labute approximate surface area is 94.5 Å². The van der Waals surface area contributed by atoms with Gasteiger partial charge in [-0.3, -0.25) is 0 Å². The molecule has 0 saturated carbocycles. The van der Waals surface area contributed by atoms with Crippen LogP contribution in [0, 0.1) is 0 Å². The zero-order valence-corrected chi connectivity index (χ0v) is 9.86. The summed E-state index contributed by atoms with van der Waals surface area (Å²) in [6.45, 7) is 0.631. The van der Waals surface area contributed by atoms with Crippen LogP contribution in [-0.2, 0) is 6.42 Å². The number of nitrogens with two attached hydrogens (primary N) is 1. The first-order chi connectivity index (χ1) is 6.81. The fourth-order valence-electron chi connectivity index (χ4n) is 1.20. The molecule has 0 spiro atoms. The average molecular weight is 272 g/mol. The number of hydrogen-bond donors (Lipinski definition) is 2. The Bertz CT molecular complexity index is 408. The van der Waals surface area contributed by atoms with Crippen LogP contribution in [0.15, 0.2) is 22.1 Å².